The van der Waals surface area contributed by atoms with Crippen LogP contribution in [-0.4, -0.2) is 70.4 Å². The van der Waals surface area contributed by atoms with Crippen LogP contribution in [-0.2, 0) is 21.9 Å². The first kappa shape index (κ1) is 21.9. The maximum Gasteiger partial charge on any atom is 0.255 e. The number of carbonyl (C=O) groups is 2. The number of benzene rings is 1. The third kappa shape index (κ3) is 4.08. The fourth-order valence-corrected chi connectivity index (χ4v) is 5.17. The van der Waals surface area contributed by atoms with Gasteiger partial charge in [-0.2, -0.15) is 9.40 Å². The van der Waals surface area contributed by atoms with E-state index in [4.69, 9.17) is 0 Å². The van der Waals surface area contributed by atoms with Crippen molar-refractivity contribution in [3.8, 4) is 0 Å². The van der Waals surface area contributed by atoms with Gasteiger partial charge >= 0.3 is 0 Å². The van der Waals surface area contributed by atoms with Crippen molar-refractivity contribution in [2.45, 2.75) is 18.7 Å². The maximum absolute atomic E-state index is 12.9. The fraction of sp³-hybridized carbons (Fsp3) is 0.333. The van der Waals surface area contributed by atoms with Gasteiger partial charge in [-0.25, -0.2) is 13.4 Å². The average molecular weight is 457 g/mol. The minimum absolute atomic E-state index is 0.0644. The second-order valence-corrected chi connectivity index (χ2v) is 9.63. The van der Waals surface area contributed by atoms with Crippen molar-refractivity contribution >= 4 is 38.6 Å². The number of hydrogen-bond donors (Lipinski definition) is 1. The first-order valence-corrected chi connectivity index (χ1v) is 11.6. The van der Waals surface area contributed by atoms with Crippen LogP contribution >= 0.6 is 0 Å². The summed E-state index contributed by atoms with van der Waals surface area (Å²) in [6.45, 7) is 4.56. The third-order valence-corrected chi connectivity index (χ3v) is 7.47. The first-order valence-electron chi connectivity index (χ1n) is 10.1. The van der Waals surface area contributed by atoms with E-state index >= 15 is 0 Å². The number of pyridine rings is 1. The number of aryl methyl sites for hydroxylation is 2. The number of nitrogens with zero attached hydrogens (tertiary/aromatic N) is 5. The number of rotatable bonds is 4. The molecule has 1 aliphatic heterocycles. The fourth-order valence-electron chi connectivity index (χ4n) is 3.75. The molecule has 10 nitrogen and oxygen atoms in total. The summed E-state index contributed by atoms with van der Waals surface area (Å²) in [5.74, 6) is -0.433. The van der Waals surface area contributed by atoms with Crippen LogP contribution < -0.4 is 5.32 Å². The molecule has 3 aromatic rings. The zero-order valence-electron chi connectivity index (χ0n) is 18.1. The van der Waals surface area contributed by atoms with E-state index in [1.54, 1.807) is 22.8 Å². The van der Waals surface area contributed by atoms with E-state index in [-0.39, 0.29) is 29.8 Å². The van der Waals surface area contributed by atoms with E-state index in [0.29, 0.717) is 24.3 Å². The molecule has 2 aromatic heterocycles. The molecule has 1 saturated heterocycles. The van der Waals surface area contributed by atoms with E-state index < -0.39 is 10.0 Å². The molecular weight excluding hydrogens is 432 g/mol. The van der Waals surface area contributed by atoms with Crippen molar-refractivity contribution in [1.82, 2.24) is 24.0 Å². The van der Waals surface area contributed by atoms with E-state index in [2.05, 4.69) is 15.4 Å². The predicted octanol–water partition coefficient (Wildman–Crippen LogP) is 1.38. The summed E-state index contributed by atoms with van der Waals surface area (Å²) < 4.78 is 28.8. The van der Waals surface area contributed by atoms with Crippen molar-refractivity contribution in [1.29, 1.82) is 0 Å². The molecule has 3 heterocycles. The van der Waals surface area contributed by atoms with Crippen molar-refractivity contribution in [3.63, 3.8) is 0 Å². The van der Waals surface area contributed by atoms with Gasteiger partial charge in [0.1, 0.15) is 0 Å². The molecule has 32 heavy (non-hydrogen) atoms. The summed E-state index contributed by atoms with van der Waals surface area (Å²) in [6.07, 6.45) is 1.56. The number of amides is 2. The normalized spacial score (nSPS) is 15.2. The van der Waals surface area contributed by atoms with Crippen LogP contribution in [0.5, 0.6) is 0 Å². The molecule has 0 atom stereocenters. The van der Waals surface area contributed by atoms with Gasteiger partial charge < -0.3 is 10.2 Å². The Morgan fingerprint density at radius 3 is 2.34 bits per heavy atom. The zero-order valence-corrected chi connectivity index (χ0v) is 18.9. The lowest BCUT2D eigenvalue weighted by molar-refractivity contribution is -0.129. The number of aromatic nitrogens is 3. The number of carbonyl (C=O) groups excluding carboxylic acids is 2. The molecular formula is C21H24N6O4S. The molecule has 2 amide bonds. The summed E-state index contributed by atoms with van der Waals surface area (Å²) in [4.78, 5) is 30.2. The first-order chi connectivity index (χ1) is 15.2. The maximum atomic E-state index is 12.9. The highest BCUT2D eigenvalue weighted by atomic mass is 32.2. The Balaban J connectivity index is 1.47. The second kappa shape index (κ2) is 8.32. The Labute approximate surface area is 185 Å². The highest BCUT2D eigenvalue weighted by molar-refractivity contribution is 7.89. The van der Waals surface area contributed by atoms with Gasteiger partial charge in [-0.05, 0) is 37.3 Å². The van der Waals surface area contributed by atoms with Gasteiger partial charge in [0.2, 0.25) is 15.9 Å². The van der Waals surface area contributed by atoms with Crippen LogP contribution in [0.4, 0.5) is 5.69 Å². The lowest BCUT2D eigenvalue weighted by atomic mass is 10.2. The molecule has 1 N–H and O–H groups in total. The molecule has 0 unspecified atom stereocenters. The van der Waals surface area contributed by atoms with Gasteiger partial charge in [-0.3, -0.25) is 14.3 Å². The van der Waals surface area contributed by atoms with Crippen LogP contribution in [0.1, 0.15) is 23.0 Å². The number of hydrogen-bond acceptors (Lipinski definition) is 6. The Morgan fingerprint density at radius 1 is 1.06 bits per heavy atom. The Hall–Kier alpha value is -3.31. The molecule has 0 radical (unpaired) electrons. The average Bonchev–Trinajstić information content (AvgIpc) is 3.06. The van der Waals surface area contributed by atoms with Crippen molar-refractivity contribution < 1.29 is 18.0 Å². The van der Waals surface area contributed by atoms with Crippen molar-refractivity contribution in [2.24, 2.45) is 7.05 Å². The van der Waals surface area contributed by atoms with Crippen LogP contribution in [0, 0.1) is 6.92 Å². The van der Waals surface area contributed by atoms with Crippen molar-refractivity contribution in [2.75, 3.05) is 31.5 Å². The minimum Gasteiger partial charge on any atom is -0.340 e. The Kier molecular flexibility index (Phi) is 5.70. The van der Waals surface area contributed by atoms with Crippen LogP contribution in [0.2, 0.25) is 0 Å². The summed E-state index contributed by atoms with van der Waals surface area (Å²) in [7, 11) is -1.89. The van der Waals surface area contributed by atoms with Crippen LogP contribution in [0.25, 0.3) is 11.0 Å². The molecule has 11 heteroatoms. The lowest BCUT2D eigenvalue weighted by Crippen LogP contribution is -2.49. The monoisotopic (exact) mass is 456 g/mol. The van der Waals surface area contributed by atoms with E-state index in [9.17, 15) is 18.0 Å². The largest absolute Gasteiger partial charge is 0.340 e. The number of anilines is 1. The number of nitrogens with one attached hydrogen (secondary N) is 1. The molecule has 1 aromatic carbocycles. The molecule has 1 aliphatic rings. The minimum atomic E-state index is -3.69. The summed E-state index contributed by atoms with van der Waals surface area (Å²) in [5, 5.41) is 7.95. The molecule has 168 valence electrons. The summed E-state index contributed by atoms with van der Waals surface area (Å²) in [6, 6.07) is 7.62. The zero-order chi connectivity index (χ0) is 23.0. The number of sulfonamides is 1. The van der Waals surface area contributed by atoms with Gasteiger partial charge in [0, 0.05) is 51.1 Å². The predicted molar refractivity (Wildman–Crippen MR) is 119 cm³/mol. The SMILES string of the molecule is CC(=O)N1CCN(S(=O)(=O)c2ccc(C(=O)Nc3cnc4c(c3)c(C)nn4C)cc2)CC1. The van der Waals surface area contributed by atoms with Gasteiger partial charge in [-0.1, -0.05) is 0 Å². The summed E-state index contributed by atoms with van der Waals surface area (Å²) >= 11 is 0. The standard InChI is InChI=1S/C21H24N6O4S/c1-14-19-12-17(13-22-20(19)25(3)24-14)23-21(29)16-4-6-18(7-5-16)32(30,31)27-10-8-26(9-11-27)15(2)28/h4-7,12-13H,8-11H2,1-3H3,(H,23,29). The summed E-state index contributed by atoms with van der Waals surface area (Å²) in [5.41, 5.74) is 2.39. The van der Waals surface area contributed by atoms with Gasteiger partial charge in [0.05, 0.1) is 22.5 Å². The Morgan fingerprint density at radius 2 is 1.72 bits per heavy atom. The van der Waals surface area contributed by atoms with Crippen molar-refractivity contribution in [3.05, 3.63) is 47.8 Å². The molecule has 0 spiro atoms. The third-order valence-electron chi connectivity index (χ3n) is 5.56. The topological polar surface area (TPSA) is 118 Å². The highest BCUT2D eigenvalue weighted by Gasteiger charge is 2.29. The number of fused-ring (bicyclic) bond motifs is 1. The van der Waals surface area contributed by atoms with Gasteiger partial charge in [-0.15, -0.1) is 0 Å². The quantitative estimate of drug-likeness (QED) is 0.634. The lowest BCUT2D eigenvalue weighted by Gasteiger charge is -2.33. The molecule has 0 bridgehead atoms. The van der Waals surface area contributed by atoms with Gasteiger partial charge in [0.15, 0.2) is 5.65 Å². The number of piperazine rings is 1. The smallest absolute Gasteiger partial charge is 0.255 e. The molecule has 4 rings (SSSR count). The van der Waals surface area contributed by atoms with E-state index in [1.165, 1.54) is 35.5 Å². The molecule has 0 aliphatic carbocycles. The Bertz CT molecular complexity index is 1290. The molecule has 1 fully saturated rings. The van der Waals surface area contributed by atoms with Crippen LogP contribution in [0.3, 0.4) is 0 Å². The highest BCUT2D eigenvalue weighted by Crippen LogP contribution is 2.21. The van der Waals surface area contributed by atoms with E-state index in [1.807, 2.05) is 13.0 Å². The van der Waals surface area contributed by atoms with Gasteiger partial charge in [0.25, 0.3) is 5.91 Å². The second-order valence-electron chi connectivity index (χ2n) is 7.69. The van der Waals surface area contributed by atoms with E-state index in [0.717, 1.165) is 16.7 Å². The van der Waals surface area contributed by atoms with Crippen LogP contribution in [0.15, 0.2) is 41.4 Å². The molecule has 0 saturated carbocycles.